The fourth-order valence-corrected chi connectivity index (χ4v) is 12.4. The van der Waals surface area contributed by atoms with Crippen molar-refractivity contribution < 1.29 is 4.74 Å². The fourth-order valence-electron chi connectivity index (χ4n) is 12.4. The Balaban J connectivity index is 0.890. The van der Waals surface area contributed by atoms with Crippen LogP contribution in [0.25, 0.3) is 56.4 Å². The maximum Gasteiger partial charge on any atom is 0.164 e. The number of aromatic nitrogens is 3. The van der Waals surface area contributed by atoms with Crippen LogP contribution in [0, 0.1) is 0 Å². The number of fused-ring (bicyclic) bond motifs is 14. The molecule has 0 N–H and O–H groups in total. The van der Waals surface area contributed by atoms with Crippen molar-refractivity contribution >= 4 is 34.1 Å². The number of para-hydroxylation sites is 6. The molecule has 0 saturated heterocycles. The molecule has 0 fully saturated rings. The Labute approximate surface area is 424 Å². The molecule has 6 heteroatoms. The van der Waals surface area contributed by atoms with E-state index in [1.54, 1.807) is 0 Å². The summed E-state index contributed by atoms with van der Waals surface area (Å²) in [5.41, 5.74) is 21.2. The van der Waals surface area contributed by atoms with Crippen molar-refractivity contribution in [2.75, 3.05) is 9.80 Å². The van der Waals surface area contributed by atoms with E-state index in [0.29, 0.717) is 17.5 Å². The molecular formula is C67H45N5O. The third-order valence-corrected chi connectivity index (χ3v) is 15.7. The van der Waals surface area contributed by atoms with Crippen molar-refractivity contribution in [1.29, 1.82) is 0 Å². The van der Waals surface area contributed by atoms with Crippen molar-refractivity contribution in [2.24, 2.45) is 0 Å². The van der Waals surface area contributed by atoms with Gasteiger partial charge in [0, 0.05) is 33.5 Å². The number of benzene rings is 10. The van der Waals surface area contributed by atoms with Crippen molar-refractivity contribution in [3.63, 3.8) is 0 Å². The summed E-state index contributed by atoms with van der Waals surface area (Å²) in [6, 6.07) is 84.7. The number of hydrogen-bond donors (Lipinski definition) is 0. The second-order valence-corrected chi connectivity index (χ2v) is 19.9. The van der Waals surface area contributed by atoms with Crippen molar-refractivity contribution in [3.8, 4) is 67.9 Å². The first kappa shape index (κ1) is 41.4. The molecule has 0 bridgehead atoms. The Morgan fingerprint density at radius 1 is 0.315 bits per heavy atom. The summed E-state index contributed by atoms with van der Waals surface area (Å²) in [6.45, 7) is 4.64. The molecule has 1 aromatic heterocycles. The lowest BCUT2D eigenvalue weighted by atomic mass is 9.70. The minimum atomic E-state index is -0.503. The first-order valence-corrected chi connectivity index (χ1v) is 25.0. The van der Waals surface area contributed by atoms with E-state index >= 15 is 0 Å². The molecule has 73 heavy (non-hydrogen) atoms. The fraction of sp³-hybridized carbons (Fsp3) is 0.0597. The van der Waals surface area contributed by atoms with Crippen LogP contribution in [0.4, 0.5) is 34.1 Å². The van der Waals surface area contributed by atoms with E-state index in [-0.39, 0.29) is 5.41 Å². The van der Waals surface area contributed by atoms with Crippen LogP contribution in [0.1, 0.15) is 47.2 Å². The van der Waals surface area contributed by atoms with E-state index in [1.165, 1.54) is 67.0 Å². The summed E-state index contributed by atoms with van der Waals surface area (Å²) in [4.78, 5) is 20.7. The second-order valence-electron chi connectivity index (χ2n) is 19.9. The van der Waals surface area contributed by atoms with Gasteiger partial charge in [0.05, 0.1) is 28.2 Å². The monoisotopic (exact) mass is 935 g/mol. The molecular weight excluding hydrogens is 891 g/mol. The smallest absolute Gasteiger partial charge is 0.164 e. The molecule has 0 saturated carbocycles. The standard InChI is InChI=1S/C67H45N5O/c1-66(2)54-23-9-11-25-57(54)71(58-26-12-10-24-55(58)66)45-36-31-42(32-37-45)63-68-64(43-33-38-46(39-34-43)72-59-27-13-15-29-61(59)73-62-30-16-14-28-60(62)72)70-65(69-63)44-35-40-50-49-19-5-8-22-53(49)67(56(50)41-44)51-20-6-3-17-47(51)48-18-4-7-21-52(48)67/h3-41H,1-2H3. The highest BCUT2D eigenvalue weighted by Gasteiger charge is 2.51. The van der Waals surface area contributed by atoms with Crippen LogP contribution in [-0.2, 0) is 10.8 Å². The molecule has 0 amide bonds. The molecule has 1 spiro atoms. The molecule has 4 aliphatic rings. The van der Waals surface area contributed by atoms with E-state index in [1.807, 2.05) is 36.4 Å². The second kappa shape index (κ2) is 15.6. The summed E-state index contributed by atoms with van der Waals surface area (Å²) < 4.78 is 6.35. The van der Waals surface area contributed by atoms with Crippen molar-refractivity contribution in [1.82, 2.24) is 15.0 Å². The summed E-state index contributed by atoms with van der Waals surface area (Å²) >= 11 is 0. The van der Waals surface area contributed by atoms with Gasteiger partial charge in [0.15, 0.2) is 29.0 Å². The Morgan fingerprint density at radius 2 is 0.658 bits per heavy atom. The minimum Gasteiger partial charge on any atom is -0.453 e. The minimum absolute atomic E-state index is 0.152. The first-order valence-electron chi connectivity index (χ1n) is 25.0. The predicted octanol–water partition coefficient (Wildman–Crippen LogP) is 16.9. The SMILES string of the molecule is CC1(C)c2ccccc2N(c2ccc(-c3nc(-c4ccc(N5c6ccccc6Oc6ccccc65)cc4)nc(-c4ccc5c(c4)C4(c6ccccc6-c6ccccc64)c4ccccc4-5)n3)cc2)c2ccccc21. The van der Waals surface area contributed by atoms with E-state index in [0.717, 1.165) is 50.9 Å². The Hall–Kier alpha value is -9.39. The quantitative estimate of drug-likeness (QED) is 0.171. The highest BCUT2D eigenvalue weighted by molar-refractivity contribution is 5.96. The van der Waals surface area contributed by atoms with Crippen molar-refractivity contribution in [2.45, 2.75) is 24.7 Å². The van der Waals surface area contributed by atoms with Crippen LogP contribution in [0.5, 0.6) is 11.5 Å². The van der Waals surface area contributed by atoms with E-state index in [2.05, 4.69) is 224 Å². The van der Waals surface area contributed by atoms with Gasteiger partial charge in [-0.1, -0.05) is 159 Å². The molecule has 344 valence electrons. The van der Waals surface area contributed by atoms with E-state index in [4.69, 9.17) is 19.7 Å². The molecule has 2 aliphatic carbocycles. The average molecular weight is 936 g/mol. The highest BCUT2D eigenvalue weighted by Crippen LogP contribution is 2.63. The van der Waals surface area contributed by atoms with Gasteiger partial charge >= 0.3 is 0 Å². The van der Waals surface area contributed by atoms with Crippen molar-refractivity contribution in [3.05, 3.63) is 270 Å². The number of ether oxygens (including phenoxy) is 1. The van der Waals surface area contributed by atoms with Gasteiger partial charge in [0.2, 0.25) is 0 Å². The molecule has 0 radical (unpaired) electrons. The van der Waals surface area contributed by atoms with Crippen LogP contribution < -0.4 is 14.5 Å². The number of anilines is 6. The Morgan fingerprint density at radius 3 is 1.12 bits per heavy atom. The summed E-state index contributed by atoms with van der Waals surface area (Å²) in [5.74, 6) is 3.42. The predicted molar refractivity (Wildman–Crippen MR) is 294 cm³/mol. The zero-order valence-electron chi connectivity index (χ0n) is 40.2. The molecule has 0 unspecified atom stereocenters. The average Bonchev–Trinajstić information content (AvgIpc) is 3.92. The number of hydrogen-bond acceptors (Lipinski definition) is 6. The van der Waals surface area contributed by atoms with Gasteiger partial charge < -0.3 is 14.5 Å². The number of rotatable bonds is 5. The van der Waals surface area contributed by atoms with Gasteiger partial charge in [-0.05, 0) is 147 Å². The molecule has 2 aliphatic heterocycles. The zero-order valence-corrected chi connectivity index (χ0v) is 40.2. The van der Waals surface area contributed by atoms with Gasteiger partial charge in [-0.25, -0.2) is 15.0 Å². The lowest BCUT2D eigenvalue weighted by molar-refractivity contribution is 0.477. The molecule has 15 rings (SSSR count). The maximum absolute atomic E-state index is 6.35. The van der Waals surface area contributed by atoms with Crippen LogP contribution >= 0.6 is 0 Å². The van der Waals surface area contributed by atoms with Gasteiger partial charge in [0.25, 0.3) is 0 Å². The molecule has 0 atom stereocenters. The third kappa shape index (κ3) is 5.95. The van der Waals surface area contributed by atoms with Gasteiger partial charge in [-0.15, -0.1) is 0 Å². The molecule has 6 nitrogen and oxygen atoms in total. The Kier molecular flexibility index (Phi) is 8.82. The van der Waals surface area contributed by atoms with Crippen LogP contribution in [0.2, 0.25) is 0 Å². The first-order chi connectivity index (χ1) is 35.9. The molecule has 3 heterocycles. The highest BCUT2D eigenvalue weighted by atomic mass is 16.5. The molecule has 11 aromatic rings. The Bertz CT molecular complexity index is 3910. The van der Waals surface area contributed by atoms with E-state index < -0.39 is 5.41 Å². The van der Waals surface area contributed by atoms with Crippen LogP contribution in [0.15, 0.2) is 237 Å². The third-order valence-electron chi connectivity index (χ3n) is 15.7. The van der Waals surface area contributed by atoms with Gasteiger partial charge in [-0.3, -0.25) is 0 Å². The summed E-state index contributed by atoms with van der Waals surface area (Å²) in [7, 11) is 0. The van der Waals surface area contributed by atoms with Crippen LogP contribution in [-0.4, -0.2) is 15.0 Å². The lowest BCUT2D eigenvalue weighted by Gasteiger charge is -2.42. The lowest BCUT2D eigenvalue weighted by Crippen LogP contribution is -2.30. The van der Waals surface area contributed by atoms with Gasteiger partial charge in [-0.2, -0.15) is 0 Å². The maximum atomic E-state index is 6.35. The largest absolute Gasteiger partial charge is 0.453 e. The zero-order chi connectivity index (χ0) is 48.4. The molecule has 10 aromatic carbocycles. The topological polar surface area (TPSA) is 54.4 Å². The number of nitrogens with zero attached hydrogens (tertiary/aromatic N) is 5. The summed E-state index contributed by atoms with van der Waals surface area (Å²) in [5, 5.41) is 0. The van der Waals surface area contributed by atoms with Gasteiger partial charge in [0.1, 0.15) is 0 Å². The van der Waals surface area contributed by atoms with E-state index in [9.17, 15) is 0 Å². The van der Waals surface area contributed by atoms with Crippen LogP contribution in [0.3, 0.4) is 0 Å². The normalized spacial score (nSPS) is 14.4. The summed E-state index contributed by atoms with van der Waals surface area (Å²) in [6.07, 6.45) is 0.